The van der Waals surface area contributed by atoms with Crippen molar-refractivity contribution in [1.29, 1.82) is 0 Å². The number of nitrogens with zero attached hydrogens (tertiary/aromatic N) is 1. The molecule has 0 aliphatic carbocycles. The van der Waals surface area contributed by atoms with Gasteiger partial charge in [0.15, 0.2) is 0 Å². The van der Waals surface area contributed by atoms with Crippen LogP contribution in [-0.2, 0) is 4.28 Å². The van der Waals surface area contributed by atoms with Crippen LogP contribution in [0.5, 0.6) is 0 Å². The lowest BCUT2D eigenvalue weighted by Crippen LogP contribution is -2.19. The molecule has 0 aliphatic rings. The van der Waals surface area contributed by atoms with E-state index in [9.17, 15) is 4.79 Å². The van der Waals surface area contributed by atoms with E-state index < -0.39 is 6.03 Å². The number of carbonyl (C=O) groups excluding carboxylic acids is 1. The minimum Gasteiger partial charge on any atom is -0.306 e. The molecule has 0 heterocycles. The monoisotopic (exact) mass is 107 g/mol. The highest BCUT2D eigenvalue weighted by Crippen LogP contribution is 1.68. The summed E-state index contributed by atoms with van der Waals surface area (Å²) < 4.78 is 3.65. The molecule has 5 heteroatoms. The first kappa shape index (κ1) is 5.74. The van der Waals surface area contributed by atoms with Gasteiger partial charge in [-0.3, -0.25) is 0 Å². The summed E-state index contributed by atoms with van der Waals surface area (Å²) in [5, 5.41) is 0. The van der Waals surface area contributed by atoms with Crippen LogP contribution in [0.1, 0.15) is 0 Å². The Kier molecular flexibility index (Phi) is 2.82. The van der Waals surface area contributed by atoms with Crippen LogP contribution in [0.25, 0.3) is 0 Å². The summed E-state index contributed by atoms with van der Waals surface area (Å²) in [5.41, 5.74) is 7.05. The molecule has 0 fully saturated rings. The number of hydrogen-bond donors (Lipinski definition) is 2. The molecule has 2 N–H and O–H groups in total. The molecular weight excluding hydrogens is 104 g/mol. The first-order valence-corrected chi connectivity index (χ1v) is 1.45. The number of primary amides is 1. The highest BCUT2D eigenvalue weighted by molar-refractivity contribution is 7.75. The van der Waals surface area contributed by atoms with Crippen LogP contribution in [0.3, 0.4) is 0 Å². The Hall–Kier alpha value is -0.260. The molecule has 0 rings (SSSR count). The van der Waals surface area contributed by atoms with E-state index in [1.54, 1.807) is 0 Å². The fourth-order valence-corrected chi connectivity index (χ4v) is 0.121. The highest BCUT2D eigenvalue weighted by atomic mass is 32.1. The van der Waals surface area contributed by atoms with E-state index in [2.05, 4.69) is 28.4 Å². The SMILES string of the molecule is NC(=O)[N+]OS. The second kappa shape index (κ2) is 2.95. The van der Waals surface area contributed by atoms with Gasteiger partial charge in [-0.15, -0.1) is 0 Å². The maximum atomic E-state index is 9.48. The summed E-state index contributed by atoms with van der Waals surface area (Å²) in [6, 6.07) is -0.884. The van der Waals surface area contributed by atoms with Crippen molar-refractivity contribution in [3.05, 3.63) is 0 Å². The minimum atomic E-state index is -0.884. The lowest BCUT2D eigenvalue weighted by Gasteiger charge is -1.59. The van der Waals surface area contributed by atoms with Crippen LogP contribution in [0, 0.1) is 0 Å². The van der Waals surface area contributed by atoms with Gasteiger partial charge in [0, 0.05) is 0 Å². The van der Waals surface area contributed by atoms with E-state index in [1.807, 2.05) is 0 Å². The Morgan fingerprint density at radius 3 is 2.50 bits per heavy atom. The number of rotatable bonds is 1. The lowest BCUT2D eigenvalue weighted by molar-refractivity contribution is 0.201. The third kappa shape index (κ3) is 3.74. The molecule has 2 radical (unpaired) electrons. The fraction of sp³-hybridized carbons (Fsp3) is 0. The zero-order valence-electron chi connectivity index (χ0n) is 2.79. The van der Waals surface area contributed by atoms with E-state index in [-0.39, 0.29) is 0 Å². The minimum absolute atomic E-state index is 0.884. The van der Waals surface area contributed by atoms with E-state index >= 15 is 0 Å². The van der Waals surface area contributed by atoms with Crippen LogP contribution in [0.15, 0.2) is 0 Å². The third-order valence-corrected chi connectivity index (χ3v) is 0.212. The van der Waals surface area contributed by atoms with Crippen molar-refractivity contribution in [2.75, 3.05) is 0 Å². The molecule has 2 amide bonds. The Morgan fingerprint density at radius 1 is 2.00 bits per heavy atom. The summed E-state index contributed by atoms with van der Waals surface area (Å²) in [6.45, 7) is 0. The van der Waals surface area contributed by atoms with Gasteiger partial charge in [0.1, 0.15) is 0 Å². The smallest absolute Gasteiger partial charge is 0.306 e. The van der Waals surface area contributed by atoms with Crippen molar-refractivity contribution < 1.29 is 9.08 Å². The summed E-state index contributed by atoms with van der Waals surface area (Å²) >= 11 is 3.09. The number of nitrogens with two attached hydrogens (primary N) is 1. The number of hydroxylamine groups is 1. The Balaban J connectivity index is 2.83. The Labute approximate surface area is 40.2 Å². The van der Waals surface area contributed by atoms with Gasteiger partial charge < -0.3 is 5.73 Å². The van der Waals surface area contributed by atoms with Crippen molar-refractivity contribution in [3.8, 4) is 0 Å². The van der Waals surface area contributed by atoms with E-state index in [0.717, 1.165) is 0 Å². The number of amides is 2. The maximum Gasteiger partial charge on any atom is 0.573 e. The number of hydrogen-bond acceptors (Lipinski definition) is 3. The van der Waals surface area contributed by atoms with Crippen LogP contribution >= 0.6 is 12.9 Å². The van der Waals surface area contributed by atoms with Crippen molar-refractivity contribution in [2.24, 2.45) is 5.73 Å². The molecule has 0 aromatic heterocycles. The van der Waals surface area contributed by atoms with Gasteiger partial charge in [-0.2, -0.15) is 4.79 Å². The fourth-order valence-electron chi connectivity index (χ4n) is 0.0402. The first-order chi connectivity index (χ1) is 2.77. The number of carbonyl (C=O) groups is 1. The van der Waals surface area contributed by atoms with Gasteiger partial charge >= 0.3 is 11.5 Å². The molecule has 0 unspecified atom stereocenters. The van der Waals surface area contributed by atoms with Gasteiger partial charge in [-0.25, -0.2) is 0 Å². The quantitative estimate of drug-likeness (QED) is 0.268. The molecule has 0 atom stereocenters. The van der Waals surface area contributed by atoms with E-state index in [4.69, 9.17) is 0 Å². The van der Waals surface area contributed by atoms with E-state index in [1.165, 1.54) is 0 Å². The Morgan fingerprint density at radius 2 is 2.50 bits per heavy atom. The maximum absolute atomic E-state index is 9.48. The second-order valence-electron chi connectivity index (χ2n) is 0.511. The molecule has 34 valence electrons. The van der Waals surface area contributed by atoms with Crippen molar-refractivity contribution >= 4 is 18.9 Å². The zero-order chi connectivity index (χ0) is 4.99. The topological polar surface area (TPSA) is 66.4 Å². The molecule has 0 bridgehead atoms. The highest BCUT2D eigenvalue weighted by Gasteiger charge is 2.11. The second-order valence-corrected chi connectivity index (χ2v) is 0.674. The standard InChI is InChI=1S/CH3N2O2S/c2-1(4)3-5-6/h6H,(H2,2,4)/q+1. The molecule has 0 saturated carbocycles. The summed E-state index contributed by atoms with van der Waals surface area (Å²) in [5.74, 6) is 0. The largest absolute Gasteiger partial charge is 0.573 e. The molecule has 0 aromatic rings. The predicted molar refractivity (Wildman–Crippen MR) is 21.8 cm³/mol. The first-order valence-electron chi connectivity index (χ1n) is 1.08. The molecule has 0 aromatic carbocycles. The van der Waals surface area contributed by atoms with Gasteiger partial charge in [0.2, 0.25) is 0 Å². The van der Waals surface area contributed by atoms with Crippen LogP contribution in [-0.4, -0.2) is 6.03 Å². The summed E-state index contributed by atoms with van der Waals surface area (Å²) in [4.78, 5) is 9.48. The van der Waals surface area contributed by atoms with Crippen molar-refractivity contribution in [2.45, 2.75) is 0 Å². The van der Waals surface area contributed by atoms with Crippen molar-refractivity contribution in [1.82, 2.24) is 5.48 Å². The molecule has 6 heavy (non-hydrogen) atoms. The Bertz CT molecular complexity index is 55.5. The summed E-state index contributed by atoms with van der Waals surface area (Å²) in [6.07, 6.45) is 0. The normalized spacial score (nSPS) is 8.17. The lowest BCUT2D eigenvalue weighted by atomic mass is 11.2. The van der Waals surface area contributed by atoms with Gasteiger partial charge in [0.05, 0.1) is 12.9 Å². The van der Waals surface area contributed by atoms with Gasteiger partial charge in [0.25, 0.3) is 0 Å². The molecule has 0 saturated heterocycles. The molecular formula is CH3N2O2S+. The van der Waals surface area contributed by atoms with Crippen molar-refractivity contribution in [3.63, 3.8) is 0 Å². The zero-order valence-corrected chi connectivity index (χ0v) is 3.68. The molecule has 0 spiro atoms. The molecule has 4 nitrogen and oxygen atoms in total. The average molecular weight is 107 g/mol. The van der Waals surface area contributed by atoms with Crippen LogP contribution in [0.2, 0.25) is 0 Å². The average Bonchev–Trinajstić information content (AvgIpc) is 1.35. The van der Waals surface area contributed by atoms with E-state index in [0.29, 0.717) is 0 Å². The van der Waals surface area contributed by atoms with Gasteiger partial charge in [-0.05, 0) is 4.28 Å². The van der Waals surface area contributed by atoms with Gasteiger partial charge in [-0.1, -0.05) is 0 Å². The summed E-state index contributed by atoms with van der Waals surface area (Å²) in [7, 11) is 0. The van der Waals surface area contributed by atoms with Crippen LogP contribution in [0.4, 0.5) is 4.79 Å². The molecule has 0 aliphatic heterocycles. The predicted octanol–water partition coefficient (Wildman–Crippen LogP) is -0.554. The number of urea groups is 1. The van der Waals surface area contributed by atoms with Crippen LogP contribution < -0.4 is 11.2 Å². The third-order valence-electron chi connectivity index (χ3n) is 0.131. The number of thiol groups is 1.